The van der Waals surface area contributed by atoms with Crippen molar-refractivity contribution >= 4 is 7.80 Å². The fraction of sp³-hybridized carbons (Fsp3) is 1.00. The first-order valence-corrected chi connectivity index (χ1v) is 6.81. The Morgan fingerprint density at radius 3 is 2.00 bits per heavy atom. The van der Waals surface area contributed by atoms with Crippen LogP contribution < -0.4 is 0 Å². The van der Waals surface area contributed by atoms with Gasteiger partial charge in [-0.15, -0.1) is 0 Å². The summed E-state index contributed by atoms with van der Waals surface area (Å²) < 4.78 is 17.5. The minimum atomic E-state index is -1.26. The summed E-state index contributed by atoms with van der Waals surface area (Å²) in [5.74, 6) is 0. The minimum absolute atomic E-state index is 0.207. The van der Waals surface area contributed by atoms with Crippen LogP contribution in [0.1, 0.15) is 47.0 Å². The average Bonchev–Trinajstić information content (AvgIpc) is 2.13. The van der Waals surface area contributed by atoms with Crippen LogP contribution in [-0.2, 0) is 9.30 Å². The fourth-order valence-corrected chi connectivity index (χ4v) is 2.61. The molecule has 0 aliphatic carbocycles. The monoisotopic (exact) mass is 205 g/mol. The van der Waals surface area contributed by atoms with E-state index in [0.29, 0.717) is 0 Å². The van der Waals surface area contributed by atoms with E-state index in [2.05, 4.69) is 6.92 Å². The second-order valence-electron chi connectivity index (χ2n) is 3.49. The predicted octanol–water partition coefficient (Wildman–Crippen LogP) is 3.78. The quantitative estimate of drug-likeness (QED) is 0.617. The Labute approximate surface area is 82.8 Å². The fourth-order valence-electron chi connectivity index (χ4n) is 1.39. The summed E-state index contributed by atoms with van der Waals surface area (Å²) in [7, 11) is -1.26. The molecule has 2 unspecified atom stereocenters. The van der Waals surface area contributed by atoms with E-state index in [-0.39, 0.29) is 11.4 Å². The van der Waals surface area contributed by atoms with Crippen LogP contribution in [0.15, 0.2) is 0 Å². The average molecular weight is 205 g/mol. The number of hydrogen-bond donors (Lipinski definition) is 0. The lowest BCUT2D eigenvalue weighted by Gasteiger charge is -2.24. The molecule has 0 saturated heterocycles. The Kier molecular flexibility index (Phi) is 5.75. The van der Waals surface area contributed by atoms with E-state index in [4.69, 9.17) is 4.74 Å². The lowest BCUT2D eigenvalue weighted by molar-refractivity contribution is -0.0369. The van der Waals surface area contributed by atoms with E-state index in [9.17, 15) is 4.57 Å². The summed E-state index contributed by atoms with van der Waals surface area (Å²) in [6, 6.07) is 0. The first-order valence-electron chi connectivity index (χ1n) is 5.11. The standard InChI is InChI=1S/C10H22O2P/c1-6-9(4)12-10(7-2,8-3)13(5)11/h9H,6-8H2,1-5H3/q+1. The molecule has 0 aromatic rings. The van der Waals surface area contributed by atoms with Crippen molar-refractivity contribution in [2.45, 2.75) is 58.4 Å². The molecule has 13 heavy (non-hydrogen) atoms. The van der Waals surface area contributed by atoms with Crippen molar-refractivity contribution in [1.29, 1.82) is 0 Å². The van der Waals surface area contributed by atoms with Gasteiger partial charge in [-0.2, -0.15) is 0 Å². The highest BCUT2D eigenvalue weighted by atomic mass is 31.1. The van der Waals surface area contributed by atoms with E-state index in [1.165, 1.54) is 0 Å². The van der Waals surface area contributed by atoms with Crippen LogP contribution in [0.25, 0.3) is 0 Å². The van der Waals surface area contributed by atoms with E-state index in [1.54, 1.807) is 6.66 Å². The number of ether oxygens (including phenoxy) is 1. The van der Waals surface area contributed by atoms with Crippen molar-refractivity contribution in [2.24, 2.45) is 0 Å². The maximum atomic E-state index is 11.6. The summed E-state index contributed by atoms with van der Waals surface area (Å²) in [4.78, 5) is 0. The molecule has 0 amide bonds. The third-order valence-corrected chi connectivity index (χ3v) is 4.56. The van der Waals surface area contributed by atoms with E-state index in [0.717, 1.165) is 19.3 Å². The van der Waals surface area contributed by atoms with Gasteiger partial charge in [-0.25, -0.2) is 0 Å². The van der Waals surface area contributed by atoms with Gasteiger partial charge < -0.3 is 4.74 Å². The van der Waals surface area contributed by atoms with Gasteiger partial charge in [-0.3, -0.25) is 0 Å². The van der Waals surface area contributed by atoms with Gasteiger partial charge in [0.15, 0.2) is 0 Å². The Morgan fingerprint density at radius 1 is 1.31 bits per heavy atom. The van der Waals surface area contributed by atoms with Gasteiger partial charge in [0.05, 0.1) is 6.10 Å². The SMILES string of the molecule is CCC(C)OC(CC)(CC)[P+](C)=O. The summed E-state index contributed by atoms with van der Waals surface area (Å²) in [5, 5.41) is -0.384. The largest absolute Gasteiger partial charge is 0.370 e. The van der Waals surface area contributed by atoms with Crippen LogP contribution in [-0.4, -0.2) is 18.1 Å². The lowest BCUT2D eigenvalue weighted by Crippen LogP contribution is -2.30. The molecule has 0 aliphatic rings. The maximum Gasteiger partial charge on any atom is 0.370 e. The Balaban J connectivity index is 4.48. The van der Waals surface area contributed by atoms with Crippen LogP contribution in [0.5, 0.6) is 0 Å². The van der Waals surface area contributed by atoms with Gasteiger partial charge in [-0.05, 0) is 13.3 Å². The highest BCUT2D eigenvalue weighted by Gasteiger charge is 2.44. The van der Waals surface area contributed by atoms with Gasteiger partial charge >= 0.3 is 7.80 Å². The molecule has 0 aliphatic heterocycles. The first-order chi connectivity index (χ1) is 6.02. The molecule has 0 radical (unpaired) electrons. The maximum absolute atomic E-state index is 11.6. The molecule has 0 saturated carbocycles. The van der Waals surface area contributed by atoms with Crippen molar-refractivity contribution in [3.8, 4) is 0 Å². The van der Waals surface area contributed by atoms with E-state index >= 15 is 0 Å². The van der Waals surface area contributed by atoms with Crippen LogP contribution in [0, 0.1) is 0 Å². The van der Waals surface area contributed by atoms with Crippen LogP contribution in [0.4, 0.5) is 0 Å². The first kappa shape index (κ1) is 13.1. The van der Waals surface area contributed by atoms with Crippen molar-refractivity contribution in [2.75, 3.05) is 6.66 Å². The zero-order valence-corrected chi connectivity index (χ0v) is 10.4. The predicted molar refractivity (Wildman–Crippen MR) is 57.7 cm³/mol. The molecular formula is C10H22O2P+. The second kappa shape index (κ2) is 5.72. The van der Waals surface area contributed by atoms with Crippen molar-refractivity contribution in [3.63, 3.8) is 0 Å². The summed E-state index contributed by atoms with van der Waals surface area (Å²) >= 11 is 0. The molecule has 0 N–H and O–H groups in total. The topological polar surface area (TPSA) is 26.3 Å². The second-order valence-corrected chi connectivity index (χ2v) is 5.30. The highest BCUT2D eigenvalue weighted by molar-refractivity contribution is 7.45. The molecule has 2 atom stereocenters. The molecule has 3 heteroatoms. The summed E-state index contributed by atoms with van der Waals surface area (Å²) in [6.45, 7) is 9.98. The molecule has 0 fully saturated rings. The molecule has 2 nitrogen and oxygen atoms in total. The van der Waals surface area contributed by atoms with E-state index < -0.39 is 7.80 Å². The Bertz CT molecular complexity index is 164. The number of hydrogen-bond acceptors (Lipinski definition) is 2. The molecule has 0 rings (SSSR count). The lowest BCUT2D eigenvalue weighted by atomic mass is 10.2. The minimum Gasteiger partial charge on any atom is -0.330 e. The summed E-state index contributed by atoms with van der Waals surface area (Å²) in [5.41, 5.74) is 0. The summed E-state index contributed by atoms with van der Waals surface area (Å²) in [6.07, 6.45) is 2.85. The normalized spacial score (nSPS) is 15.6. The van der Waals surface area contributed by atoms with Gasteiger partial charge in [-0.1, -0.05) is 25.3 Å². The van der Waals surface area contributed by atoms with Gasteiger partial charge in [0.2, 0.25) is 0 Å². The zero-order chi connectivity index (χ0) is 10.5. The Morgan fingerprint density at radius 2 is 1.77 bits per heavy atom. The highest BCUT2D eigenvalue weighted by Crippen LogP contribution is 2.43. The molecule has 0 bridgehead atoms. The molecule has 0 aromatic heterocycles. The molecular weight excluding hydrogens is 183 g/mol. The van der Waals surface area contributed by atoms with Crippen molar-refractivity contribution in [1.82, 2.24) is 0 Å². The third kappa shape index (κ3) is 3.36. The molecule has 0 heterocycles. The molecule has 0 spiro atoms. The third-order valence-electron chi connectivity index (χ3n) is 2.67. The van der Waals surface area contributed by atoms with E-state index in [1.807, 2.05) is 20.8 Å². The van der Waals surface area contributed by atoms with Crippen molar-refractivity contribution < 1.29 is 9.30 Å². The molecule has 78 valence electrons. The van der Waals surface area contributed by atoms with Crippen LogP contribution >= 0.6 is 7.80 Å². The van der Waals surface area contributed by atoms with Crippen LogP contribution in [0.3, 0.4) is 0 Å². The van der Waals surface area contributed by atoms with Gasteiger partial charge in [0.25, 0.3) is 5.34 Å². The van der Waals surface area contributed by atoms with Crippen molar-refractivity contribution in [3.05, 3.63) is 0 Å². The van der Waals surface area contributed by atoms with Crippen LogP contribution in [0.2, 0.25) is 0 Å². The number of rotatable bonds is 6. The molecule has 0 aromatic carbocycles. The van der Waals surface area contributed by atoms with Gasteiger partial charge in [0, 0.05) is 12.8 Å². The Hall–Kier alpha value is 0.0600. The van der Waals surface area contributed by atoms with Gasteiger partial charge in [0.1, 0.15) is 6.66 Å². The zero-order valence-electron chi connectivity index (χ0n) is 9.46. The smallest absolute Gasteiger partial charge is 0.330 e.